The van der Waals surface area contributed by atoms with E-state index in [1.807, 2.05) is 43.3 Å². The number of guanidine groups is 1. The molecule has 0 bridgehead atoms. The number of hydrogen-bond acceptors (Lipinski definition) is 4. The van der Waals surface area contributed by atoms with Crippen molar-refractivity contribution in [2.24, 2.45) is 4.99 Å². The molecule has 1 aromatic heterocycles. The van der Waals surface area contributed by atoms with Gasteiger partial charge in [-0.1, -0.05) is 17.7 Å². The Kier molecular flexibility index (Phi) is 9.29. The second kappa shape index (κ2) is 11.4. The quantitative estimate of drug-likeness (QED) is 0.336. The molecule has 0 amide bonds. The highest BCUT2D eigenvalue weighted by Gasteiger charge is 2.25. The Bertz CT molecular complexity index is 832. The summed E-state index contributed by atoms with van der Waals surface area (Å²) in [6, 6.07) is 12.0. The molecule has 1 atom stereocenters. The smallest absolute Gasteiger partial charge is 0.191 e. The van der Waals surface area contributed by atoms with Crippen LogP contribution in [0.2, 0.25) is 5.02 Å². The van der Waals surface area contributed by atoms with Crippen molar-refractivity contribution in [1.82, 2.24) is 15.6 Å². The van der Waals surface area contributed by atoms with Gasteiger partial charge in [-0.05, 0) is 50.6 Å². The average molecular weight is 530 g/mol. The number of anilines is 1. The van der Waals surface area contributed by atoms with Gasteiger partial charge < -0.3 is 20.3 Å². The largest absolute Gasteiger partial charge is 0.495 e. The monoisotopic (exact) mass is 529 g/mol. The average Bonchev–Trinajstić information content (AvgIpc) is 3.15. The summed E-state index contributed by atoms with van der Waals surface area (Å²) in [5.41, 5.74) is 3.01. The number of methoxy groups -OCH3 is 1. The standard InChI is InChI=1S/C21H28ClN5O.HI/c1-4-23-21(24-13-17-7-5-6-15(2)25-17)26-18-10-11-27(14-18)19-12-16(22)8-9-20(19)28-3;/h5-9,12,18H,4,10-11,13-14H2,1-3H3,(H2,23,24,26);1H. The van der Waals surface area contributed by atoms with E-state index in [-0.39, 0.29) is 24.0 Å². The minimum absolute atomic E-state index is 0. The zero-order chi connectivity index (χ0) is 19.9. The maximum absolute atomic E-state index is 6.19. The number of aryl methyl sites for hydroxylation is 1. The molecule has 0 aliphatic carbocycles. The molecule has 1 aliphatic heterocycles. The number of aromatic nitrogens is 1. The van der Waals surface area contributed by atoms with Crippen LogP contribution in [0.25, 0.3) is 0 Å². The third-order valence-electron chi connectivity index (χ3n) is 4.70. The molecule has 0 saturated carbocycles. The zero-order valence-corrected chi connectivity index (χ0v) is 20.2. The van der Waals surface area contributed by atoms with Crippen LogP contribution in [0, 0.1) is 6.92 Å². The second-order valence-corrected chi connectivity index (χ2v) is 7.29. The van der Waals surface area contributed by atoms with Crippen LogP contribution in [0.1, 0.15) is 24.7 Å². The zero-order valence-electron chi connectivity index (χ0n) is 17.1. The second-order valence-electron chi connectivity index (χ2n) is 6.86. The summed E-state index contributed by atoms with van der Waals surface area (Å²) in [5.74, 6) is 1.66. The third-order valence-corrected chi connectivity index (χ3v) is 4.94. The number of ether oxygens (including phenoxy) is 1. The van der Waals surface area contributed by atoms with Crippen molar-refractivity contribution < 1.29 is 4.74 Å². The molecule has 158 valence electrons. The lowest BCUT2D eigenvalue weighted by atomic mass is 10.2. The van der Waals surface area contributed by atoms with Gasteiger partial charge in [0.05, 0.1) is 25.0 Å². The molecule has 0 radical (unpaired) electrons. The molecule has 1 saturated heterocycles. The van der Waals surface area contributed by atoms with Crippen LogP contribution >= 0.6 is 35.6 Å². The molecule has 2 heterocycles. The van der Waals surface area contributed by atoms with E-state index in [2.05, 4.69) is 27.4 Å². The van der Waals surface area contributed by atoms with E-state index in [9.17, 15) is 0 Å². The van der Waals surface area contributed by atoms with E-state index in [0.29, 0.717) is 17.6 Å². The highest BCUT2D eigenvalue weighted by molar-refractivity contribution is 14.0. The number of pyridine rings is 1. The minimum atomic E-state index is 0. The highest BCUT2D eigenvalue weighted by Crippen LogP contribution is 2.33. The molecular weight excluding hydrogens is 501 g/mol. The van der Waals surface area contributed by atoms with E-state index in [1.165, 1.54) is 0 Å². The predicted molar refractivity (Wildman–Crippen MR) is 131 cm³/mol. The van der Waals surface area contributed by atoms with Crippen molar-refractivity contribution in [3.63, 3.8) is 0 Å². The van der Waals surface area contributed by atoms with Crippen molar-refractivity contribution in [1.29, 1.82) is 0 Å². The minimum Gasteiger partial charge on any atom is -0.495 e. The van der Waals surface area contributed by atoms with Crippen molar-refractivity contribution in [2.75, 3.05) is 31.6 Å². The van der Waals surface area contributed by atoms with Gasteiger partial charge in [-0.15, -0.1) is 24.0 Å². The van der Waals surface area contributed by atoms with Gasteiger partial charge in [-0.2, -0.15) is 0 Å². The van der Waals surface area contributed by atoms with E-state index < -0.39 is 0 Å². The SMILES string of the molecule is CCNC(=NCc1cccc(C)n1)NC1CCN(c2cc(Cl)ccc2OC)C1.I. The molecule has 1 fully saturated rings. The van der Waals surface area contributed by atoms with Gasteiger partial charge in [-0.25, -0.2) is 4.99 Å². The Hall–Kier alpha value is -1.74. The maximum Gasteiger partial charge on any atom is 0.191 e. The Morgan fingerprint density at radius 1 is 1.34 bits per heavy atom. The molecule has 3 rings (SSSR count). The summed E-state index contributed by atoms with van der Waals surface area (Å²) >= 11 is 6.19. The summed E-state index contributed by atoms with van der Waals surface area (Å²) in [4.78, 5) is 11.5. The van der Waals surface area contributed by atoms with Crippen LogP contribution in [-0.2, 0) is 6.54 Å². The van der Waals surface area contributed by atoms with Crippen LogP contribution in [0.4, 0.5) is 5.69 Å². The predicted octanol–water partition coefficient (Wildman–Crippen LogP) is 4.00. The van der Waals surface area contributed by atoms with Gasteiger partial charge in [-0.3, -0.25) is 4.98 Å². The number of hydrogen-bond donors (Lipinski definition) is 2. The van der Waals surface area contributed by atoms with Crippen LogP contribution in [-0.4, -0.2) is 43.7 Å². The molecule has 29 heavy (non-hydrogen) atoms. The van der Waals surface area contributed by atoms with Crippen LogP contribution < -0.4 is 20.3 Å². The van der Waals surface area contributed by atoms with E-state index in [4.69, 9.17) is 21.3 Å². The number of benzene rings is 1. The number of rotatable bonds is 6. The van der Waals surface area contributed by atoms with Crippen LogP contribution in [0.5, 0.6) is 5.75 Å². The molecule has 2 N–H and O–H groups in total. The lowest BCUT2D eigenvalue weighted by molar-refractivity contribution is 0.415. The summed E-state index contributed by atoms with van der Waals surface area (Å²) < 4.78 is 5.50. The normalized spacial score (nSPS) is 16.3. The first-order chi connectivity index (χ1) is 13.6. The van der Waals surface area contributed by atoms with Crippen molar-refractivity contribution in [3.05, 3.63) is 52.8 Å². The maximum atomic E-state index is 6.19. The first-order valence-corrected chi connectivity index (χ1v) is 10.0. The molecular formula is C21H29ClIN5O. The van der Waals surface area contributed by atoms with Crippen molar-refractivity contribution in [2.45, 2.75) is 32.9 Å². The molecule has 6 nitrogen and oxygen atoms in total. The first-order valence-electron chi connectivity index (χ1n) is 9.65. The van der Waals surface area contributed by atoms with E-state index in [1.54, 1.807) is 7.11 Å². The van der Waals surface area contributed by atoms with Crippen molar-refractivity contribution >= 4 is 47.2 Å². The van der Waals surface area contributed by atoms with Gasteiger partial charge in [0.25, 0.3) is 0 Å². The lowest BCUT2D eigenvalue weighted by Crippen LogP contribution is -2.44. The fourth-order valence-electron chi connectivity index (χ4n) is 3.37. The number of aliphatic imine (C=N–C) groups is 1. The Morgan fingerprint density at radius 3 is 2.90 bits per heavy atom. The third kappa shape index (κ3) is 6.64. The first kappa shape index (κ1) is 23.5. The van der Waals surface area contributed by atoms with E-state index in [0.717, 1.165) is 54.8 Å². The summed E-state index contributed by atoms with van der Waals surface area (Å²) in [6.45, 7) is 7.23. The molecule has 0 spiro atoms. The van der Waals surface area contributed by atoms with Gasteiger partial charge >= 0.3 is 0 Å². The fraction of sp³-hybridized carbons (Fsp3) is 0.429. The number of nitrogens with zero attached hydrogens (tertiary/aromatic N) is 3. The number of nitrogens with one attached hydrogen (secondary N) is 2. The summed E-state index contributed by atoms with van der Waals surface area (Å²) in [5, 5.41) is 7.59. The highest BCUT2D eigenvalue weighted by atomic mass is 127. The molecule has 2 aromatic rings. The summed E-state index contributed by atoms with van der Waals surface area (Å²) in [6.07, 6.45) is 1.02. The van der Waals surface area contributed by atoms with E-state index >= 15 is 0 Å². The molecule has 1 aliphatic rings. The molecule has 1 unspecified atom stereocenters. The van der Waals surface area contributed by atoms with Crippen molar-refractivity contribution in [3.8, 4) is 5.75 Å². The fourth-order valence-corrected chi connectivity index (χ4v) is 3.53. The van der Waals surface area contributed by atoms with Gasteiger partial charge in [0.2, 0.25) is 0 Å². The molecule has 1 aromatic carbocycles. The Labute approximate surface area is 195 Å². The number of halogens is 2. The van der Waals surface area contributed by atoms with Crippen LogP contribution in [0.15, 0.2) is 41.4 Å². The summed E-state index contributed by atoms with van der Waals surface area (Å²) in [7, 11) is 1.69. The molecule has 8 heteroatoms. The lowest BCUT2D eigenvalue weighted by Gasteiger charge is -2.22. The van der Waals surface area contributed by atoms with Gasteiger partial charge in [0.1, 0.15) is 5.75 Å². The van der Waals surface area contributed by atoms with Gasteiger partial charge in [0, 0.05) is 36.4 Å². The van der Waals surface area contributed by atoms with Crippen LogP contribution in [0.3, 0.4) is 0 Å². The van der Waals surface area contributed by atoms with Gasteiger partial charge in [0.15, 0.2) is 5.96 Å². The Balaban J connectivity index is 0.00000300. The topological polar surface area (TPSA) is 61.8 Å². The Morgan fingerprint density at radius 2 is 2.17 bits per heavy atom.